The molecular formula is C18H13NOS. The first-order valence-corrected chi connectivity index (χ1v) is 8.12. The minimum absolute atomic E-state index is 0.183. The molecule has 0 N–H and O–H groups in total. The van der Waals surface area contributed by atoms with Gasteiger partial charge in [0, 0.05) is 22.0 Å². The molecule has 2 nitrogen and oxygen atoms in total. The van der Waals surface area contributed by atoms with Crippen LogP contribution in [0.5, 0.6) is 0 Å². The van der Waals surface area contributed by atoms with Crippen molar-refractivity contribution in [2.24, 2.45) is 0 Å². The van der Waals surface area contributed by atoms with Crippen LogP contribution in [0.25, 0.3) is 31.2 Å². The first kappa shape index (κ1) is 11.5. The van der Waals surface area contributed by atoms with E-state index in [2.05, 4.69) is 28.8 Å². The lowest BCUT2D eigenvalue weighted by atomic mass is 10.0. The largest absolute Gasteiger partial charge is 0.332 e. The summed E-state index contributed by atoms with van der Waals surface area (Å²) in [6.07, 6.45) is 2.27. The number of aryl methyl sites for hydroxylation is 2. The molecule has 0 fully saturated rings. The second-order valence-electron chi connectivity index (χ2n) is 5.68. The summed E-state index contributed by atoms with van der Waals surface area (Å²) in [7, 11) is 0. The third-order valence-electron chi connectivity index (χ3n) is 4.51. The van der Waals surface area contributed by atoms with Gasteiger partial charge >= 0.3 is 0 Å². The molecule has 0 amide bonds. The first-order chi connectivity index (χ1) is 10.3. The second-order valence-corrected chi connectivity index (χ2v) is 6.71. The van der Waals surface area contributed by atoms with Gasteiger partial charge in [-0.25, -0.2) is 0 Å². The van der Waals surface area contributed by atoms with Gasteiger partial charge in [-0.3, -0.25) is 4.79 Å². The summed E-state index contributed by atoms with van der Waals surface area (Å²) in [5, 5.41) is 2.89. The van der Waals surface area contributed by atoms with Gasteiger partial charge in [-0.05, 0) is 30.5 Å². The molecule has 0 atom stereocenters. The second kappa shape index (κ2) is 3.95. The number of hydrogen-bond donors (Lipinski definition) is 0. The summed E-state index contributed by atoms with van der Waals surface area (Å²) < 4.78 is 3.45. The minimum Gasteiger partial charge on any atom is -0.332 e. The van der Waals surface area contributed by atoms with E-state index in [4.69, 9.17) is 0 Å². The number of fused-ring (bicyclic) bond motifs is 4. The van der Waals surface area contributed by atoms with Gasteiger partial charge in [-0.1, -0.05) is 30.3 Å². The SMILES string of the molecule is O=c1c2ccccc2sc2c1c1cccc3c1n2CCC3. The van der Waals surface area contributed by atoms with Crippen molar-refractivity contribution >= 4 is 42.5 Å². The molecule has 2 aromatic carbocycles. The fourth-order valence-electron chi connectivity index (χ4n) is 3.61. The summed E-state index contributed by atoms with van der Waals surface area (Å²) in [5.74, 6) is 0. The first-order valence-electron chi connectivity index (χ1n) is 7.30. The molecule has 0 radical (unpaired) electrons. The van der Waals surface area contributed by atoms with Crippen molar-refractivity contribution in [3.8, 4) is 0 Å². The van der Waals surface area contributed by atoms with Crippen LogP contribution in [0, 0.1) is 0 Å². The maximum absolute atomic E-state index is 13.0. The Morgan fingerprint density at radius 2 is 1.86 bits per heavy atom. The van der Waals surface area contributed by atoms with Crippen LogP contribution in [0.1, 0.15) is 12.0 Å². The normalized spacial score (nSPS) is 14.3. The van der Waals surface area contributed by atoms with Crippen LogP contribution in [-0.2, 0) is 13.0 Å². The molecule has 5 rings (SSSR count). The molecule has 0 saturated carbocycles. The molecular weight excluding hydrogens is 278 g/mol. The Bertz CT molecular complexity index is 1090. The van der Waals surface area contributed by atoms with E-state index in [0.29, 0.717) is 0 Å². The third-order valence-corrected chi connectivity index (χ3v) is 5.70. The highest BCUT2D eigenvalue weighted by atomic mass is 32.1. The zero-order valence-electron chi connectivity index (χ0n) is 11.4. The van der Waals surface area contributed by atoms with E-state index in [-0.39, 0.29) is 5.43 Å². The van der Waals surface area contributed by atoms with Gasteiger partial charge in [0.2, 0.25) is 0 Å². The summed E-state index contributed by atoms with van der Waals surface area (Å²) >= 11 is 1.75. The van der Waals surface area contributed by atoms with E-state index >= 15 is 0 Å². The van der Waals surface area contributed by atoms with Crippen molar-refractivity contribution in [2.45, 2.75) is 19.4 Å². The van der Waals surface area contributed by atoms with Crippen LogP contribution in [0.2, 0.25) is 0 Å². The number of benzene rings is 2. The van der Waals surface area contributed by atoms with E-state index < -0.39 is 0 Å². The molecule has 1 aliphatic heterocycles. The molecule has 0 unspecified atom stereocenters. The molecule has 0 saturated heterocycles. The van der Waals surface area contributed by atoms with E-state index in [1.54, 1.807) is 11.3 Å². The van der Waals surface area contributed by atoms with Gasteiger partial charge in [0.15, 0.2) is 5.43 Å². The van der Waals surface area contributed by atoms with Gasteiger partial charge < -0.3 is 4.57 Å². The maximum atomic E-state index is 13.0. The number of hydrogen-bond acceptors (Lipinski definition) is 2. The molecule has 3 heterocycles. The fraction of sp³-hybridized carbons (Fsp3) is 0.167. The van der Waals surface area contributed by atoms with Crippen LogP contribution in [-0.4, -0.2) is 4.57 Å². The monoisotopic (exact) mass is 291 g/mol. The minimum atomic E-state index is 0.183. The highest BCUT2D eigenvalue weighted by Gasteiger charge is 2.20. The van der Waals surface area contributed by atoms with Crippen LogP contribution in [0.15, 0.2) is 47.3 Å². The fourth-order valence-corrected chi connectivity index (χ4v) is 4.84. The lowest BCUT2D eigenvalue weighted by Gasteiger charge is -2.15. The van der Waals surface area contributed by atoms with Crippen molar-refractivity contribution in [2.75, 3.05) is 0 Å². The third kappa shape index (κ3) is 1.39. The Labute approximate surface area is 125 Å². The van der Waals surface area contributed by atoms with Crippen molar-refractivity contribution in [3.63, 3.8) is 0 Å². The standard InChI is InChI=1S/C18H13NOS/c20-17-12-7-1-2-9-14(12)21-18-15(17)13-8-3-5-11-6-4-10-19(18)16(11)13/h1-3,5,7-9H,4,6,10H2. The molecule has 21 heavy (non-hydrogen) atoms. The predicted molar refractivity (Wildman–Crippen MR) is 89.4 cm³/mol. The van der Waals surface area contributed by atoms with E-state index in [1.807, 2.05) is 18.2 Å². The lowest BCUT2D eigenvalue weighted by molar-refractivity contribution is 0.653. The van der Waals surface area contributed by atoms with E-state index in [9.17, 15) is 4.79 Å². The smallest absolute Gasteiger partial charge is 0.198 e. The summed E-state index contributed by atoms with van der Waals surface area (Å²) in [6.45, 7) is 1.02. The molecule has 0 aliphatic carbocycles. The number of nitrogens with zero attached hydrogens (tertiary/aromatic N) is 1. The summed E-state index contributed by atoms with van der Waals surface area (Å²) in [6, 6.07) is 14.3. The molecule has 0 bridgehead atoms. The van der Waals surface area contributed by atoms with Crippen LogP contribution in [0.3, 0.4) is 0 Å². The average Bonchev–Trinajstić information content (AvgIpc) is 2.85. The van der Waals surface area contributed by atoms with Crippen LogP contribution >= 0.6 is 11.3 Å². The summed E-state index contributed by atoms with van der Waals surface area (Å²) in [5.41, 5.74) is 2.84. The molecule has 3 heteroatoms. The van der Waals surface area contributed by atoms with Crippen molar-refractivity contribution in [1.82, 2.24) is 4.57 Å². The van der Waals surface area contributed by atoms with Gasteiger partial charge in [-0.15, -0.1) is 11.3 Å². The summed E-state index contributed by atoms with van der Waals surface area (Å²) in [4.78, 5) is 14.1. The predicted octanol–water partition coefficient (Wildman–Crippen LogP) is 4.32. The number of para-hydroxylation sites is 1. The van der Waals surface area contributed by atoms with Crippen molar-refractivity contribution < 1.29 is 0 Å². The van der Waals surface area contributed by atoms with E-state index in [1.165, 1.54) is 11.1 Å². The molecule has 1 aliphatic rings. The molecule has 0 spiro atoms. The topological polar surface area (TPSA) is 22.0 Å². The Kier molecular flexibility index (Phi) is 2.17. The lowest BCUT2D eigenvalue weighted by Crippen LogP contribution is -2.07. The van der Waals surface area contributed by atoms with Crippen molar-refractivity contribution in [3.05, 3.63) is 58.3 Å². The molecule has 102 valence electrons. The molecule has 2 aromatic heterocycles. The average molecular weight is 291 g/mol. The number of aromatic nitrogens is 1. The highest BCUT2D eigenvalue weighted by molar-refractivity contribution is 7.24. The number of rotatable bonds is 0. The van der Waals surface area contributed by atoms with Gasteiger partial charge in [-0.2, -0.15) is 0 Å². The Morgan fingerprint density at radius 1 is 1.00 bits per heavy atom. The van der Waals surface area contributed by atoms with Crippen LogP contribution in [0.4, 0.5) is 0 Å². The van der Waals surface area contributed by atoms with Gasteiger partial charge in [0.25, 0.3) is 0 Å². The molecule has 4 aromatic rings. The highest BCUT2D eigenvalue weighted by Crippen LogP contribution is 2.36. The quantitative estimate of drug-likeness (QED) is 0.473. The Hall–Kier alpha value is -2.13. The Balaban J connectivity index is 2.16. The van der Waals surface area contributed by atoms with Crippen LogP contribution < -0.4 is 5.43 Å². The van der Waals surface area contributed by atoms with E-state index in [0.717, 1.165) is 45.1 Å². The van der Waals surface area contributed by atoms with Gasteiger partial charge in [0.1, 0.15) is 4.83 Å². The zero-order chi connectivity index (χ0) is 14.0. The van der Waals surface area contributed by atoms with Crippen molar-refractivity contribution in [1.29, 1.82) is 0 Å². The zero-order valence-corrected chi connectivity index (χ0v) is 12.2. The van der Waals surface area contributed by atoms with Gasteiger partial charge in [0.05, 0.1) is 10.9 Å². The maximum Gasteiger partial charge on any atom is 0.198 e. The Morgan fingerprint density at radius 3 is 2.81 bits per heavy atom.